The van der Waals surface area contributed by atoms with Crippen molar-refractivity contribution in [3.63, 3.8) is 0 Å². The maximum atomic E-state index is 12.2. The van der Waals surface area contributed by atoms with Crippen LogP contribution in [0.3, 0.4) is 0 Å². The lowest BCUT2D eigenvalue weighted by Gasteiger charge is -2.23. The van der Waals surface area contributed by atoms with Gasteiger partial charge in [0.2, 0.25) is 0 Å². The first kappa shape index (κ1) is 77.9. The molecule has 0 bridgehead atoms. The number of aromatic carboxylic acids is 7. The number of halogens is 6. The second-order valence-corrected chi connectivity index (χ2v) is 20.7. The molecule has 1 saturated heterocycles. The van der Waals surface area contributed by atoms with E-state index in [1.807, 2.05) is 61.5 Å². The molecule has 0 aliphatic carbocycles. The average molecular weight is 1370 g/mol. The number of benzene rings is 10. The molecule has 1 fully saturated rings. The fourth-order valence-electron chi connectivity index (χ4n) is 8.97. The maximum absolute atomic E-state index is 12.2. The van der Waals surface area contributed by atoms with Crippen LogP contribution in [0.5, 0.6) is 17.2 Å². The summed E-state index contributed by atoms with van der Waals surface area (Å²) in [4.78, 5) is 73.6. The third-order valence-corrected chi connectivity index (χ3v) is 13.7. The highest BCUT2D eigenvalue weighted by molar-refractivity contribution is 6.05. The molecule has 0 amide bonds. The number of alkyl halides is 6. The minimum atomic E-state index is -4.53. The Labute approximate surface area is 561 Å². The van der Waals surface area contributed by atoms with Gasteiger partial charge in [-0.05, 0) is 179 Å². The molecule has 10 aromatic rings. The van der Waals surface area contributed by atoms with Gasteiger partial charge >= 0.3 is 12.4 Å². The monoisotopic (exact) mass is 1370 g/mol. The van der Waals surface area contributed by atoms with Crippen molar-refractivity contribution in [2.75, 3.05) is 20.3 Å². The Bertz CT molecular complexity index is 4350. The predicted molar refractivity (Wildman–Crippen MR) is 335 cm³/mol. The minimum Gasteiger partial charge on any atom is -0.545 e. The second kappa shape index (κ2) is 37.5. The fourth-order valence-corrected chi connectivity index (χ4v) is 8.97. The van der Waals surface area contributed by atoms with Crippen molar-refractivity contribution in [2.45, 2.75) is 65.0 Å². The molecule has 2 atom stereocenters. The number of hydrogen-bond acceptors (Lipinski definition) is 19. The maximum Gasteiger partial charge on any atom is 0.416 e. The van der Waals surface area contributed by atoms with E-state index in [4.69, 9.17) is 23.7 Å². The van der Waals surface area contributed by atoms with E-state index in [2.05, 4.69) is 0 Å². The van der Waals surface area contributed by atoms with E-state index in [-0.39, 0.29) is 51.5 Å². The summed E-state index contributed by atoms with van der Waals surface area (Å²) in [7, 11) is 1.56. The summed E-state index contributed by atoms with van der Waals surface area (Å²) in [6, 6.07) is 53.2. The Balaban J connectivity index is 0.000000209. The molecule has 11 rings (SSSR count). The van der Waals surface area contributed by atoms with Crippen molar-refractivity contribution in [1.82, 2.24) is 0 Å². The van der Waals surface area contributed by atoms with E-state index in [9.17, 15) is 95.6 Å². The van der Waals surface area contributed by atoms with Crippen LogP contribution < -0.4 is 50.0 Å². The van der Waals surface area contributed by atoms with Gasteiger partial charge in [0, 0.05) is 29.5 Å². The van der Waals surface area contributed by atoms with Crippen molar-refractivity contribution in [1.29, 1.82) is 0 Å². The van der Waals surface area contributed by atoms with Crippen LogP contribution in [0, 0.1) is 6.92 Å². The summed E-state index contributed by atoms with van der Waals surface area (Å²) < 4.78 is 99.1. The number of carbonyl (C=O) groups is 7. The van der Waals surface area contributed by atoms with Crippen LogP contribution in [0.2, 0.25) is 0 Å². The molecule has 0 spiro atoms. The molecule has 1 aliphatic heterocycles. The Morgan fingerprint density at radius 1 is 0.455 bits per heavy atom. The van der Waals surface area contributed by atoms with Crippen molar-refractivity contribution in [3.05, 3.63) is 268 Å². The molecule has 99 heavy (non-hydrogen) atoms. The molecule has 0 saturated carbocycles. The van der Waals surface area contributed by atoms with Gasteiger partial charge in [0.15, 0.2) is 12.6 Å². The van der Waals surface area contributed by atoms with Gasteiger partial charge in [-0.2, -0.15) is 26.3 Å². The Morgan fingerprint density at radius 3 is 1.41 bits per heavy atom. The first-order valence-electron chi connectivity index (χ1n) is 29.5. The number of fused-ring (bicyclic) bond motifs is 3. The zero-order chi connectivity index (χ0) is 73.0. The lowest BCUT2D eigenvalue weighted by molar-refractivity contribution is -0.256. The van der Waals surface area contributed by atoms with Gasteiger partial charge in [0.25, 0.3) is 0 Å². The zero-order valence-corrected chi connectivity index (χ0v) is 52.9. The number of rotatable bonds is 14. The average Bonchev–Trinajstić information content (AvgIpc) is 0.811. The third-order valence-electron chi connectivity index (χ3n) is 13.7. The molecule has 1 aliphatic rings. The molecule has 0 aromatic heterocycles. The zero-order valence-electron chi connectivity index (χ0n) is 52.9. The highest BCUT2D eigenvalue weighted by Gasteiger charge is 2.31. The van der Waals surface area contributed by atoms with Crippen molar-refractivity contribution < 1.29 is 119 Å². The summed E-state index contributed by atoms with van der Waals surface area (Å²) >= 11 is 0. The summed E-state index contributed by atoms with van der Waals surface area (Å²) in [5.41, 5.74) is -1.41. The van der Waals surface area contributed by atoms with Gasteiger partial charge in [0.05, 0.1) is 66.6 Å². The largest absolute Gasteiger partial charge is 0.545 e. The highest BCUT2D eigenvalue weighted by atomic mass is 19.4. The van der Waals surface area contributed by atoms with Gasteiger partial charge < -0.3 is 93.0 Å². The Kier molecular flexibility index (Phi) is 29.5. The van der Waals surface area contributed by atoms with E-state index < -0.39 is 70.8 Å². The Morgan fingerprint density at radius 2 is 0.909 bits per heavy atom. The van der Waals surface area contributed by atoms with Gasteiger partial charge in [-0.25, -0.2) is 0 Å². The summed E-state index contributed by atoms with van der Waals surface area (Å²) in [6.45, 7) is 6.33. The summed E-state index contributed by atoms with van der Waals surface area (Å²) in [5, 5.41) is 78.6. The summed E-state index contributed by atoms with van der Waals surface area (Å²) in [5.74, 6) is -7.06. The smallest absolute Gasteiger partial charge is 0.416 e. The molecule has 25 heteroatoms. The highest BCUT2D eigenvalue weighted by Crippen LogP contribution is 2.32. The quantitative estimate of drug-likeness (QED) is 0.0739. The minimum absolute atomic E-state index is 0.131. The molecule has 19 nitrogen and oxygen atoms in total. The Hall–Kier alpha value is -11.8. The van der Waals surface area contributed by atoms with Gasteiger partial charge in [-0.15, -0.1) is 0 Å². The van der Waals surface area contributed by atoms with E-state index in [1.165, 1.54) is 37.3 Å². The van der Waals surface area contributed by atoms with E-state index in [1.54, 1.807) is 99.0 Å². The molecular weight excluding hydrogens is 1310 g/mol. The normalized spacial score (nSPS) is 12.4. The predicted octanol–water partition coefficient (Wildman–Crippen LogP) is 7.83. The first-order chi connectivity index (χ1) is 46.9. The fraction of sp³-hybridized carbons (Fsp3) is 0.176. The molecule has 0 N–H and O–H groups in total. The third kappa shape index (κ3) is 25.0. The number of aryl methyl sites for hydroxylation is 1. The topological polar surface area (TPSA) is 327 Å². The van der Waals surface area contributed by atoms with Crippen LogP contribution in [-0.4, -0.2) is 74.7 Å². The number of ether oxygens (including phenoxy) is 5. The first-order valence-corrected chi connectivity index (χ1v) is 29.5. The standard InChI is InChI=1S/C12H14O4.C12H10O3.C11H14O4.2C11H8O2.C9H7F3O2.C8H5F3O2/c13-12(14)9-4-6-10(7-5-9)16-11-3-1-2-8-15-11;1-15-11-7-3-4-8-9(11)5-2-6-10(8)12(13)14;1-3-14-8(2)15-10-6-4-9(5-7-10)11(12)13;12-11(13)10-7-3-5-8-4-1-2-6-9(8)10;12-11(13)10-6-5-8-3-1-2-4-9(8)7-10;1-5-2-6(8(13)14)4-7(3-5)9(10,11)12;9-8(10,11)6-3-1-5(2-4-6)7(12)13/h4-7,11H,1-3,8H2,(H,13,14);2-7H,1H3,(H,13,14);4-8H,3H2,1-2H3,(H,12,13);2*1-7H,(H,12,13);2-4H,1H3,(H,13,14);1-4H,(H,12,13)/p-7. The lowest BCUT2D eigenvalue weighted by Crippen LogP contribution is -2.25. The summed E-state index contributed by atoms with van der Waals surface area (Å²) in [6.07, 6.45) is -6.47. The van der Waals surface area contributed by atoms with Crippen LogP contribution in [0.1, 0.15) is 122 Å². The lowest BCUT2D eigenvalue weighted by atomic mass is 10.0. The van der Waals surface area contributed by atoms with E-state index in [0.717, 1.165) is 77.1 Å². The molecular formula is C74H59F6O19-7. The molecule has 10 aromatic carbocycles. The van der Waals surface area contributed by atoms with Gasteiger partial charge in [-0.3, -0.25) is 0 Å². The second-order valence-electron chi connectivity index (χ2n) is 20.7. The van der Waals surface area contributed by atoms with Crippen LogP contribution in [0.4, 0.5) is 26.3 Å². The van der Waals surface area contributed by atoms with Gasteiger partial charge in [0.1, 0.15) is 17.2 Å². The molecule has 1 heterocycles. The van der Waals surface area contributed by atoms with Crippen LogP contribution >= 0.6 is 0 Å². The van der Waals surface area contributed by atoms with Crippen molar-refractivity contribution in [2.24, 2.45) is 0 Å². The van der Waals surface area contributed by atoms with Crippen molar-refractivity contribution in [3.8, 4) is 17.2 Å². The number of carboxylic acid groups (broad SMARTS) is 7. The number of carbonyl (C=O) groups excluding carboxylic acids is 7. The molecule has 0 radical (unpaired) electrons. The van der Waals surface area contributed by atoms with E-state index >= 15 is 0 Å². The van der Waals surface area contributed by atoms with Crippen molar-refractivity contribution >= 4 is 74.1 Å². The number of carboxylic acids is 7. The van der Waals surface area contributed by atoms with Crippen LogP contribution in [0.15, 0.2) is 212 Å². The molecule has 2 unspecified atom stereocenters. The molecule has 518 valence electrons. The van der Waals surface area contributed by atoms with E-state index in [0.29, 0.717) is 47.4 Å². The van der Waals surface area contributed by atoms with Gasteiger partial charge in [-0.1, -0.05) is 127 Å². The van der Waals surface area contributed by atoms with Crippen LogP contribution in [-0.2, 0) is 21.8 Å². The van der Waals surface area contributed by atoms with Crippen LogP contribution in [0.25, 0.3) is 32.3 Å². The number of hydrogen-bond donors (Lipinski definition) is 0. The SMILES string of the molecule is CCOC(C)Oc1ccc(C(=O)[O-])cc1.COc1cccc2c(C(=O)[O-])cccc12.Cc1cc(C(=O)[O-])cc(C(F)(F)F)c1.O=C([O-])c1ccc(C(F)(F)F)cc1.O=C([O-])c1ccc(OC2CCCCO2)cc1.O=C([O-])c1ccc2ccccc2c1.O=C([O-])c1cccc2ccccc12. The number of methoxy groups -OCH3 is 1.